The Morgan fingerprint density at radius 1 is 1.09 bits per heavy atom. The standard InChI is InChI=1S/C19H22FNO2/c1-13-9-15(3)18(10-14(13)2)23-8-7-21-19(22)12-16-5-4-6-17(20)11-16/h4-6,9-11H,7-8,12H2,1-3H3,(H,21,22). The first-order valence-corrected chi connectivity index (χ1v) is 7.67. The summed E-state index contributed by atoms with van der Waals surface area (Å²) in [7, 11) is 0. The molecule has 2 aromatic rings. The van der Waals surface area contributed by atoms with Crippen LogP contribution in [0.25, 0.3) is 0 Å². The molecule has 0 aliphatic heterocycles. The molecule has 0 atom stereocenters. The number of amides is 1. The zero-order valence-electron chi connectivity index (χ0n) is 13.8. The largest absolute Gasteiger partial charge is 0.491 e. The van der Waals surface area contributed by atoms with E-state index >= 15 is 0 Å². The van der Waals surface area contributed by atoms with Crippen LogP contribution < -0.4 is 10.1 Å². The van der Waals surface area contributed by atoms with Gasteiger partial charge in [-0.2, -0.15) is 0 Å². The summed E-state index contributed by atoms with van der Waals surface area (Å²) in [4.78, 5) is 11.8. The zero-order chi connectivity index (χ0) is 16.8. The SMILES string of the molecule is Cc1cc(C)c(OCCNC(=O)Cc2cccc(F)c2)cc1C. The van der Waals surface area contributed by atoms with E-state index in [0.29, 0.717) is 18.7 Å². The van der Waals surface area contributed by atoms with E-state index in [1.807, 2.05) is 19.9 Å². The van der Waals surface area contributed by atoms with E-state index in [-0.39, 0.29) is 18.1 Å². The van der Waals surface area contributed by atoms with Gasteiger partial charge in [-0.15, -0.1) is 0 Å². The number of halogens is 1. The average Bonchev–Trinajstić information content (AvgIpc) is 2.48. The normalized spacial score (nSPS) is 10.4. The molecule has 2 aromatic carbocycles. The van der Waals surface area contributed by atoms with Crippen LogP contribution >= 0.6 is 0 Å². The lowest BCUT2D eigenvalue weighted by Gasteiger charge is -2.12. The van der Waals surface area contributed by atoms with E-state index in [9.17, 15) is 9.18 Å². The molecular formula is C19H22FNO2. The zero-order valence-corrected chi connectivity index (χ0v) is 13.8. The van der Waals surface area contributed by atoms with Crippen LogP contribution in [0.5, 0.6) is 5.75 Å². The van der Waals surface area contributed by atoms with Gasteiger partial charge in [-0.05, 0) is 61.2 Å². The molecule has 0 fully saturated rings. The lowest BCUT2D eigenvalue weighted by Crippen LogP contribution is -2.29. The van der Waals surface area contributed by atoms with Crippen molar-refractivity contribution in [2.45, 2.75) is 27.2 Å². The molecule has 0 radical (unpaired) electrons. The van der Waals surface area contributed by atoms with Gasteiger partial charge < -0.3 is 10.1 Å². The number of nitrogens with one attached hydrogen (secondary N) is 1. The number of carbonyl (C=O) groups excluding carboxylic acids is 1. The van der Waals surface area contributed by atoms with Gasteiger partial charge in [0.25, 0.3) is 0 Å². The first kappa shape index (κ1) is 17.0. The highest BCUT2D eigenvalue weighted by Gasteiger charge is 2.05. The second-order valence-corrected chi connectivity index (χ2v) is 5.71. The predicted octanol–water partition coefficient (Wildman–Crippen LogP) is 3.49. The molecular weight excluding hydrogens is 293 g/mol. The van der Waals surface area contributed by atoms with Gasteiger partial charge in [-0.3, -0.25) is 4.79 Å². The van der Waals surface area contributed by atoms with Crippen molar-refractivity contribution in [3.63, 3.8) is 0 Å². The number of hydrogen-bond donors (Lipinski definition) is 1. The van der Waals surface area contributed by atoms with Crippen LogP contribution in [0.1, 0.15) is 22.3 Å². The van der Waals surface area contributed by atoms with Crippen molar-refractivity contribution in [3.05, 3.63) is 64.5 Å². The Bertz CT molecular complexity index is 698. The third kappa shape index (κ3) is 5.09. The first-order chi connectivity index (χ1) is 11.0. The van der Waals surface area contributed by atoms with Crippen LogP contribution in [0.3, 0.4) is 0 Å². The van der Waals surface area contributed by atoms with Gasteiger partial charge in [0.2, 0.25) is 5.91 Å². The molecule has 0 saturated carbocycles. The molecule has 1 amide bonds. The monoisotopic (exact) mass is 315 g/mol. The fraction of sp³-hybridized carbons (Fsp3) is 0.316. The number of hydrogen-bond acceptors (Lipinski definition) is 2. The van der Waals surface area contributed by atoms with Crippen LogP contribution in [0.15, 0.2) is 36.4 Å². The Morgan fingerprint density at radius 3 is 2.57 bits per heavy atom. The van der Waals surface area contributed by atoms with Crippen molar-refractivity contribution >= 4 is 5.91 Å². The van der Waals surface area contributed by atoms with E-state index in [4.69, 9.17) is 4.74 Å². The summed E-state index contributed by atoms with van der Waals surface area (Å²) in [5.74, 6) is 0.368. The van der Waals surface area contributed by atoms with E-state index in [1.165, 1.54) is 23.3 Å². The van der Waals surface area contributed by atoms with E-state index < -0.39 is 0 Å². The maximum atomic E-state index is 13.1. The quantitative estimate of drug-likeness (QED) is 0.829. The summed E-state index contributed by atoms with van der Waals surface area (Å²) >= 11 is 0. The number of carbonyl (C=O) groups is 1. The second kappa shape index (κ2) is 7.77. The van der Waals surface area contributed by atoms with Crippen LogP contribution in [-0.2, 0) is 11.2 Å². The van der Waals surface area contributed by atoms with Crippen LogP contribution in [-0.4, -0.2) is 19.1 Å². The maximum absolute atomic E-state index is 13.1. The Hall–Kier alpha value is -2.36. The molecule has 1 N–H and O–H groups in total. The predicted molar refractivity (Wildman–Crippen MR) is 89.3 cm³/mol. The average molecular weight is 315 g/mol. The Balaban J connectivity index is 1.77. The van der Waals surface area contributed by atoms with E-state index in [1.54, 1.807) is 12.1 Å². The minimum atomic E-state index is -0.330. The molecule has 0 heterocycles. The van der Waals surface area contributed by atoms with Gasteiger partial charge in [0.05, 0.1) is 13.0 Å². The molecule has 4 heteroatoms. The number of ether oxygens (including phenoxy) is 1. The van der Waals surface area contributed by atoms with Crippen molar-refractivity contribution < 1.29 is 13.9 Å². The van der Waals surface area contributed by atoms with Crippen LogP contribution in [0.2, 0.25) is 0 Å². The first-order valence-electron chi connectivity index (χ1n) is 7.67. The summed E-state index contributed by atoms with van der Waals surface area (Å²) in [6.07, 6.45) is 0.167. The summed E-state index contributed by atoms with van der Waals surface area (Å²) in [6, 6.07) is 10.2. The summed E-state index contributed by atoms with van der Waals surface area (Å²) in [6.45, 7) is 6.93. The van der Waals surface area contributed by atoms with E-state index in [0.717, 1.165) is 11.3 Å². The lowest BCUT2D eigenvalue weighted by atomic mass is 10.1. The molecule has 0 saturated heterocycles. The molecule has 0 spiro atoms. The minimum absolute atomic E-state index is 0.143. The number of aryl methyl sites for hydroxylation is 3. The minimum Gasteiger partial charge on any atom is -0.491 e. The van der Waals surface area contributed by atoms with Crippen molar-refractivity contribution in [1.82, 2.24) is 5.32 Å². The Labute approximate surface area is 136 Å². The van der Waals surface area contributed by atoms with Crippen molar-refractivity contribution in [1.29, 1.82) is 0 Å². The van der Waals surface area contributed by atoms with E-state index in [2.05, 4.69) is 18.3 Å². The Kier molecular flexibility index (Phi) is 5.74. The molecule has 0 aliphatic carbocycles. The summed E-state index contributed by atoms with van der Waals surface area (Å²) in [5, 5.41) is 2.78. The summed E-state index contributed by atoms with van der Waals surface area (Å²) < 4.78 is 18.8. The molecule has 3 nitrogen and oxygen atoms in total. The molecule has 23 heavy (non-hydrogen) atoms. The highest BCUT2D eigenvalue weighted by molar-refractivity contribution is 5.78. The third-order valence-corrected chi connectivity index (χ3v) is 3.73. The van der Waals surface area contributed by atoms with Gasteiger partial charge in [-0.25, -0.2) is 4.39 Å². The van der Waals surface area contributed by atoms with Gasteiger partial charge in [0.15, 0.2) is 0 Å². The fourth-order valence-corrected chi connectivity index (χ4v) is 2.34. The molecule has 2 rings (SSSR count). The van der Waals surface area contributed by atoms with Crippen molar-refractivity contribution in [2.24, 2.45) is 0 Å². The highest BCUT2D eigenvalue weighted by Crippen LogP contribution is 2.22. The number of rotatable bonds is 6. The summed E-state index contributed by atoms with van der Waals surface area (Å²) in [5.41, 5.74) is 4.16. The lowest BCUT2D eigenvalue weighted by molar-refractivity contribution is -0.120. The molecule has 122 valence electrons. The fourth-order valence-electron chi connectivity index (χ4n) is 2.34. The van der Waals surface area contributed by atoms with Crippen molar-refractivity contribution in [3.8, 4) is 5.75 Å². The Morgan fingerprint density at radius 2 is 1.83 bits per heavy atom. The van der Waals surface area contributed by atoms with Crippen molar-refractivity contribution in [2.75, 3.05) is 13.2 Å². The third-order valence-electron chi connectivity index (χ3n) is 3.73. The molecule has 0 bridgehead atoms. The molecule has 0 aliphatic rings. The van der Waals surface area contributed by atoms with Gasteiger partial charge in [0, 0.05) is 0 Å². The van der Waals surface area contributed by atoms with Crippen LogP contribution in [0, 0.1) is 26.6 Å². The smallest absolute Gasteiger partial charge is 0.224 e. The highest BCUT2D eigenvalue weighted by atomic mass is 19.1. The topological polar surface area (TPSA) is 38.3 Å². The van der Waals surface area contributed by atoms with Gasteiger partial charge in [0.1, 0.15) is 18.2 Å². The molecule has 0 unspecified atom stereocenters. The second-order valence-electron chi connectivity index (χ2n) is 5.71. The van der Waals surface area contributed by atoms with Gasteiger partial charge in [-0.1, -0.05) is 18.2 Å². The maximum Gasteiger partial charge on any atom is 0.224 e. The van der Waals surface area contributed by atoms with Crippen LogP contribution in [0.4, 0.5) is 4.39 Å². The number of benzene rings is 2. The molecule has 0 aromatic heterocycles. The van der Waals surface area contributed by atoms with Gasteiger partial charge >= 0.3 is 0 Å².